The zero-order chi connectivity index (χ0) is 14.2. The largest absolute Gasteiger partial charge is 0.464 e. The summed E-state index contributed by atoms with van der Waals surface area (Å²) in [7, 11) is 0. The number of rotatable bonds is 2. The molecule has 3 nitrogen and oxygen atoms in total. The van der Waals surface area contributed by atoms with Gasteiger partial charge in [-0.2, -0.15) is 0 Å². The summed E-state index contributed by atoms with van der Waals surface area (Å²) >= 11 is 4.60. The Balaban J connectivity index is 1.90. The first-order chi connectivity index (χ1) is 9.55. The van der Waals surface area contributed by atoms with Crippen molar-refractivity contribution in [3.8, 4) is 0 Å². The number of aliphatic imine (C=N–C) groups is 1. The third-order valence-corrected chi connectivity index (χ3v) is 6.26. The normalized spacial score (nSPS) is 33.5. The summed E-state index contributed by atoms with van der Waals surface area (Å²) in [6.07, 6.45) is 9.20. The van der Waals surface area contributed by atoms with Gasteiger partial charge in [-0.15, -0.1) is 12.6 Å². The smallest absolute Gasteiger partial charge is 0.192 e. The summed E-state index contributed by atoms with van der Waals surface area (Å²) in [5, 5.41) is 3.50. The van der Waals surface area contributed by atoms with Crippen LogP contribution in [0.1, 0.15) is 58.8 Å². The number of piperidine rings is 1. The van der Waals surface area contributed by atoms with E-state index in [0.29, 0.717) is 0 Å². The van der Waals surface area contributed by atoms with E-state index in [9.17, 15) is 0 Å². The van der Waals surface area contributed by atoms with Gasteiger partial charge < -0.3 is 10.1 Å². The molecule has 1 N–H and O–H groups in total. The highest BCUT2D eigenvalue weighted by atomic mass is 32.1. The lowest BCUT2D eigenvalue weighted by atomic mass is 9.64. The molecule has 3 aliphatic rings. The van der Waals surface area contributed by atoms with Crippen LogP contribution >= 0.6 is 12.6 Å². The van der Waals surface area contributed by atoms with Crippen LogP contribution in [0.5, 0.6) is 0 Å². The highest BCUT2D eigenvalue weighted by Crippen LogP contribution is 2.48. The number of nitrogens with one attached hydrogen (secondary N) is 1. The van der Waals surface area contributed by atoms with E-state index in [4.69, 9.17) is 9.73 Å². The number of nitrogens with zero attached hydrogens (tertiary/aromatic N) is 1. The van der Waals surface area contributed by atoms with E-state index in [-0.39, 0.29) is 16.4 Å². The summed E-state index contributed by atoms with van der Waals surface area (Å²) < 4.78 is 6.16. The van der Waals surface area contributed by atoms with Gasteiger partial charge in [-0.05, 0) is 58.5 Å². The van der Waals surface area contributed by atoms with E-state index in [1.165, 1.54) is 44.9 Å². The van der Waals surface area contributed by atoms with Gasteiger partial charge in [0.25, 0.3) is 0 Å². The topological polar surface area (TPSA) is 33.6 Å². The van der Waals surface area contributed by atoms with Crippen LogP contribution in [0, 0.1) is 11.3 Å². The first-order valence-electron chi connectivity index (χ1n) is 8.20. The molecule has 0 bridgehead atoms. The molecular formula is C16H28N2OS. The van der Waals surface area contributed by atoms with Crippen LogP contribution in [0.2, 0.25) is 0 Å². The quantitative estimate of drug-likeness (QED) is 0.766. The van der Waals surface area contributed by atoms with E-state index in [2.05, 4.69) is 31.8 Å². The second-order valence-corrected chi connectivity index (χ2v) is 7.75. The van der Waals surface area contributed by atoms with E-state index in [1.54, 1.807) is 0 Å². The molecule has 0 aromatic carbocycles. The highest BCUT2D eigenvalue weighted by Gasteiger charge is 2.50. The second-order valence-electron chi connectivity index (χ2n) is 7.28. The van der Waals surface area contributed by atoms with Gasteiger partial charge in [0, 0.05) is 0 Å². The first-order valence-corrected chi connectivity index (χ1v) is 8.72. The van der Waals surface area contributed by atoms with E-state index < -0.39 is 0 Å². The average Bonchev–Trinajstić information content (AvgIpc) is 2.75. The van der Waals surface area contributed by atoms with Crippen molar-refractivity contribution in [2.75, 3.05) is 13.1 Å². The van der Waals surface area contributed by atoms with Crippen molar-refractivity contribution in [3.63, 3.8) is 0 Å². The standard InChI is InChI=1S/C16H28N2OS/c1-15(2)14(20)19-13(18-15)16(8-10-17-11-9-16)12-6-4-3-5-7-12/h12,14,17,20H,3-11H2,1-2H3. The van der Waals surface area contributed by atoms with Gasteiger partial charge in [0.05, 0.1) is 5.41 Å². The lowest BCUT2D eigenvalue weighted by Crippen LogP contribution is -2.48. The van der Waals surface area contributed by atoms with Gasteiger partial charge in [-0.25, -0.2) is 4.99 Å². The average molecular weight is 296 g/mol. The maximum atomic E-state index is 6.16. The maximum absolute atomic E-state index is 6.16. The van der Waals surface area contributed by atoms with E-state index >= 15 is 0 Å². The monoisotopic (exact) mass is 296 g/mol. The highest BCUT2D eigenvalue weighted by molar-refractivity contribution is 7.80. The predicted molar refractivity (Wildman–Crippen MR) is 86.5 cm³/mol. The van der Waals surface area contributed by atoms with Crippen molar-refractivity contribution in [2.24, 2.45) is 16.3 Å². The molecule has 0 amide bonds. The summed E-state index contributed by atoms with van der Waals surface area (Å²) in [5.74, 6) is 1.78. The molecule has 0 radical (unpaired) electrons. The van der Waals surface area contributed by atoms with Gasteiger partial charge >= 0.3 is 0 Å². The van der Waals surface area contributed by atoms with Gasteiger partial charge in [0.15, 0.2) is 11.3 Å². The number of thiol groups is 1. The van der Waals surface area contributed by atoms with Crippen molar-refractivity contribution in [2.45, 2.75) is 69.8 Å². The summed E-state index contributed by atoms with van der Waals surface area (Å²) in [6.45, 7) is 6.45. The fourth-order valence-electron chi connectivity index (χ4n) is 4.15. The fraction of sp³-hybridized carbons (Fsp3) is 0.938. The molecule has 1 saturated heterocycles. The van der Waals surface area contributed by atoms with Crippen molar-refractivity contribution < 1.29 is 4.74 Å². The molecule has 114 valence electrons. The van der Waals surface area contributed by atoms with E-state index in [0.717, 1.165) is 24.9 Å². The lowest BCUT2D eigenvalue weighted by molar-refractivity contribution is 0.109. The summed E-state index contributed by atoms with van der Waals surface area (Å²) in [4.78, 5) is 4.96. The Morgan fingerprint density at radius 2 is 1.80 bits per heavy atom. The van der Waals surface area contributed by atoms with Gasteiger partial charge in [0.1, 0.15) is 5.54 Å². The molecule has 1 aliphatic carbocycles. The minimum absolute atomic E-state index is 0.0900. The maximum Gasteiger partial charge on any atom is 0.192 e. The Bertz CT molecular complexity index is 382. The molecule has 0 spiro atoms. The predicted octanol–water partition coefficient (Wildman–Crippen LogP) is 3.40. The molecule has 2 heterocycles. The Kier molecular flexibility index (Phi) is 4.06. The van der Waals surface area contributed by atoms with Crippen molar-refractivity contribution in [3.05, 3.63) is 0 Å². The molecule has 1 atom stereocenters. The number of hydrogen-bond acceptors (Lipinski definition) is 4. The molecule has 2 aliphatic heterocycles. The van der Waals surface area contributed by atoms with Crippen molar-refractivity contribution >= 4 is 18.5 Å². The lowest BCUT2D eigenvalue weighted by Gasteiger charge is -2.44. The fourth-order valence-corrected chi connectivity index (χ4v) is 4.30. The Morgan fingerprint density at radius 3 is 2.35 bits per heavy atom. The Morgan fingerprint density at radius 1 is 1.15 bits per heavy atom. The molecule has 0 aromatic heterocycles. The van der Waals surface area contributed by atoms with Gasteiger partial charge in [-0.3, -0.25) is 0 Å². The summed E-state index contributed by atoms with van der Waals surface area (Å²) in [6, 6.07) is 0. The molecular weight excluding hydrogens is 268 g/mol. The van der Waals surface area contributed by atoms with Gasteiger partial charge in [0.2, 0.25) is 0 Å². The first kappa shape index (κ1) is 14.7. The Hall–Kier alpha value is -0.220. The molecule has 1 unspecified atom stereocenters. The third kappa shape index (κ3) is 2.50. The molecule has 3 rings (SSSR count). The third-order valence-electron chi connectivity index (χ3n) is 5.53. The minimum Gasteiger partial charge on any atom is -0.464 e. The zero-order valence-corrected chi connectivity index (χ0v) is 13.7. The molecule has 4 heteroatoms. The van der Waals surface area contributed by atoms with Crippen LogP contribution in [-0.2, 0) is 4.74 Å². The zero-order valence-electron chi connectivity index (χ0n) is 12.8. The van der Waals surface area contributed by atoms with Crippen LogP contribution < -0.4 is 5.32 Å². The SMILES string of the molecule is CC1(C)N=C(C2(C3CCCCC3)CCNCC2)OC1S. The second kappa shape index (κ2) is 5.53. The van der Waals surface area contributed by atoms with Crippen LogP contribution in [0.15, 0.2) is 4.99 Å². The van der Waals surface area contributed by atoms with E-state index in [1.807, 2.05) is 0 Å². The van der Waals surface area contributed by atoms with Crippen molar-refractivity contribution in [1.82, 2.24) is 5.32 Å². The van der Waals surface area contributed by atoms with Crippen LogP contribution in [0.4, 0.5) is 0 Å². The molecule has 0 aromatic rings. The molecule has 20 heavy (non-hydrogen) atoms. The van der Waals surface area contributed by atoms with Crippen LogP contribution in [0.25, 0.3) is 0 Å². The number of hydrogen-bond donors (Lipinski definition) is 2. The Labute approximate surface area is 128 Å². The van der Waals surface area contributed by atoms with Crippen LogP contribution in [-0.4, -0.2) is 30.0 Å². The summed E-state index contributed by atoms with van der Waals surface area (Å²) in [5.41, 5.74) is -0.0985. The molecule has 1 saturated carbocycles. The minimum atomic E-state index is -0.189. The van der Waals surface area contributed by atoms with Gasteiger partial charge in [-0.1, -0.05) is 19.3 Å². The number of ether oxygens (including phenoxy) is 1. The van der Waals surface area contributed by atoms with Crippen molar-refractivity contribution in [1.29, 1.82) is 0 Å². The van der Waals surface area contributed by atoms with Crippen LogP contribution in [0.3, 0.4) is 0 Å². The molecule has 2 fully saturated rings.